The molecule has 5 atom stereocenters. The van der Waals surface area contributed by atoms with E-state index >= 15 is 0 Å². The maximum Gasteiger partial charge on any atom is 0.329 e. The Bertz CT molecular complexity index is 1410. The van der Waals surface area contributed by atoms with Crippen molar-refractivity contribution in [1.82, 2.24) is 4.90 Å². The Morgan fingerprint density at radius 1 is 0.771 bits per heavy atom. The lowest BCUT2D eigenvalue weighted by Crippen LogP contribution is -2.66. The van der Waals surface area contributed by atoms with Crippen molar-refractivity contribution < 1.29 is 18.8 Å². The van der Waals surface area contributed by atoms with Gasteiger partial charge in [-0.3, -0.25) is 4.79 Å². The molecule has 0 aliphatic carbocycles. The number of unbranched alkanes of at least 4 members (excludes halogenated alkanes) is 1. The highest BCUT2D eigenvalue weighted by Crippen LogP contribution is 2.37. The summed E-state index contributed by atoms with van der Waals surface area (Å²) in [5, 5.41) is 2.48. The zero-order chi connectivity index (χ0) is 34.7. The Kier molecular flexibility index (Phi) is 13.4. The molecule has 3 aromatic rings. The molecule has 0 aromatic heterocycles. The van der Waals surface area contributed by atoms with E-state index in [-0.39, 0.29) is 40.8 Å². The second kappa shape index (κ2) is 17.3. The van der Waals surface area contributed by atoms with Crippen LogP contribution in [0.2, 0.25) is 5.04 Å². The smallest absolute Gasteiger partial charge is 0.329 e. The average Bonchev–Trinajstić information content (AvgIpc) is 3.07. The number of likely N-dealkylation sites (N-methyl/N-ethyl adjacent to an activating group) is 1. The summed E-state index contributed by atoms with van der Waals surface area (Å²) in [6.45, 7) is 13.9. The van der Waals surface area contributed by atoms with Gasteiger partial charge in [0.1, 0.15) is 12.1 Å². The van der Waals surface area contributed by atoms with Crippen LogP contribution in [0, 0.1) is 17.8 Å². The van der Waals surface area contributed by atoms with Gasteiger partial charge in [-0.25, -0.2) is 4.79 Å². The average molecular weight is 668 g/mol. The van der Waals surface area contributed by atoms with E-state index in [9.17, 15) is 9.59 Å². The van der Waals surface area contributed by atoms with Gasteiger partial charge < -0.3 is 14.1 Å². The van der Waals surface area contributed by atoms with Crippen molar-refractivity contribution in [2.24, 2.45) is 17.8 Å². The maximum atomic E-state index is 14.0. The monoisotopic (exact) mass is 667 g/mol. The molecule has 1 amide bonds. The second-order valence-electron chi connectivity index (χ2n) is 14.9. The number of carbonyl (C=O) groups is 2. The summed E-state index contributed by atoms with van der Waals surface area (Å²) in [5.41, 5.74) is 1.01. The number of benzene rings is 3. The fraction of sp³-hybridized carbons (Fsp3) is 0.476. The van der Waals surface area contributed by atoms with Crippen molar-refractivity contribution in [2.45, 2.75) is 97.3 Å². The third-order valence-corrected chi connectivity index (χ3v) is 14.9. The predicted octanol–water partition coefficient (Wildman–Crippen LogP) is 7.97. The van der Waals surface area contributed by atoms with Crippen LogP contribution >= 0.6 is 0 Å². The van der Waals surface area contributed by atoms with Crippen LogP contribution in [0.3, 0.4) is 0 Å². The Balaban J connectivity index is 1.52. The normalized spacial score (nSPS) is 23.1. The number of cyclic esters (lactones) is 1. The molecule has 1 aliphatic heterocycles. The highest BCUT2D eigenvalue weighted by atomic mass is 28.4. The van der Waals surface area contributed by atoms with Crippen molar-refractivity contribution in [3.8, 4) is 0 Å². The van der Waals surface area contributed by atoms with Crippen LogP contribution in [0.25, 0.3) is 0 Å². The van der Waals surface area contributed by atoms with Crippen LogP contribution in [0.4, 0.5) is 0 Å². The summed E-state index contributed by atoms with van der Waals surface area (Å²) in [5.74, 6) is -0.0167. The third kappa shape index (κ3) is 9.57. The first-order valence-electron chi connectivity index (χ1n) is 17.9. The Morgan fingerprint density at radius 3 is 1.83 bits per heavy atom. The Labute approximate surface area is 290 Å². The number of ether oxygens (including phenoxy) is 1. The van der Waals surface area contributed by atoms with Crippen LogP contribution < -0.4 is 10.4 Å². The largest absolute Gasteiger partial charge is 0.461 e. The van der Waals surface area contributed by atoms with Crippen LogP contribution in [0.5, 0.6) is 0 Å². The Hall–Kier alpha value is -3.48. The van der Waals surface area contributed by atoms with Crippen molar-refractivity contribution in [3.63, 3.8) is 0 Å². The first-order chi connectivity index (χ1) is 22.9. The van der Waals surface area contributed by atoms with Gasteiger partial charge >= 0.3 is 5.97 Å². The van der Waals surface area contributed by atoms with Gasteiger partial charge in [0.15, 0.2) is 0 Å². The topological polar surface area (TPSA) is 55.8 Å². The molecule has 0 spiro atoms. The fourth-order valence-corrected chi connectivity index (χ4v) is 11.9. The molecule has 0 radical (unpaired) electrons. The van der Waals surface area contributed by atoms with E-state index in [4.69, 9.17) is 9.16 Å². The molecule has 0 N–H and O–H groups in total. The first-order valence-corrected chi connectivity index (χ1v) is 19.8. The van der Waals surface area contributed by atoms with Crippen molar-refractivity contribution in [2.75, 3.05) is 13.7 Å². The van der Waals surface area contributed by atoms with Gasteiger partial charge in [-0.1, -0.05) is 145 Å². The minimum absolute atomic E-state index is 0.0162. The second-order valence-corrected chi connectivity index (χ2v) is 19.2. The zero-order valence-electron chi connectivity index (χ0n) is 30.2. The van der Waals surface area contributed by atoms with Crippen LogP contribution in [-0.4, -0.2) is 50.9 Å². The summed E-state index contributed by atoms with van der Waals surface area (Å²) in [7, 11) is -0.850. The molecule has 0 bridgehead atoms. The van der Waals surface area contributed by atoms with Gasteiger partial charge in [-0.05, 0) is 64.9 Å². The van der Waals surface area contributed by atoms with E-state index in [0.717, 1.165) is 37.7 Å². The maximum absolute atomic E-state index is 14.0. The molecule has 0 saturated heterocycles. The first kappa shape index (κ1) is 37.3. The lowest BCUT2D eigenvalue weighted by Gasteiger charge is -2.43. The Morgan fingerprint density at radius 2 is 1.29 bits per heavy atom. The number of hydrogen-bond donors (Lipinski definition) is 0. The number of amides is 1. The molecule has 48 heavy (non-hydrogen) atoms. The molecular weight excluding hydrogens is 611 g/mol. The minimum atomic E-state index is -2.61. The summed E-state index contributed by atoms with van der Waals surface area (Å²) < 4.78 is 13.5. The fourth-order valence-electron chi connectivity index (χ4n) is 7.26. The predicted molar refractivity (Wildman–Crippen MR) is 200 cm³/mol. The summed E-state index contributed by atoms with van der Waals surface area (Å²) >= 11 is 0. The molecule has 6 heteroatoms. The van der Waals surface area contributed by atoms with Gasteiger partial charge in [0.25, 0.3) is 8.32 Å². The van der Waals surface area contributed by atoms with Gasteiger partial charge in [0.05, 0.1) is 0 Å². The molecule has 0 unspecified atom stereocenters. The number of rotatable bonds is 10. The summed E-state index contributed by atoms with van der Waals surface area (Å²) in [6.07, 6.45) is 8.61. The van der Waals surface area contributed by atoms with E-state index in [0.29, 0.717) is 13.0 Å². The summed E-state index contributed by atoms with van der Waals surface area (Å²) in [4.78, 5) is 29.2. The van der Waals surface area contributed by atoms with E-state index in [1.54, 1.807) is 11.9 Å². The van der Waals surface area contributed by atoms with Crippen molar-refractivity contribution in [1.29, 1.82) is 0 Å². The molecule has 4 rings (SSSR count). The highest BCUT2D eigenvalue weighted by Gasteiger charge is 2.50. The number of carbonyl (C=O) groups excluding carboxylic acids is 2. The number of esters is 1. The number of nitrogens with zero attached hydrogens (tertiary/aromatic N) is 1. The molecule has 258 valence electrons. The van der Waals surface area contributed by atoms with Crippen molar-refractivity contribution >= 4 is 30.6 Å². The quantitative estimate of drug-likeness (QED) is 0.0953. The van der Waals surface area contributed by atoms with E-state index in [1.165, 1.54) is 10.4 Å². The van der Waals surface area contributed by atoms with Crippen LogP contribution in [0.1, 0.15) is 79.2 Å². The van der Waals surface area contributed by atoms with Gasteiger partial charge in [-0.2, -0.15) is 0 Å². The van der Waals surface area contributed by atoms with E-state index in [2.05, 4.69) is 107 Å². The van der Waals surface area contributed by atoms with E-state index < -0.39 is 14.4 Å². The molecular formula is C42H57NO4Si. The lowest BCUT2D eigenvalue weighted by atomic mass is 9.93. The molecule has 0 saturated carbocycles. The number of hydrogen-bond acceptors (Lipinski definition) is 4. The minimum Gasteiger partial charge on any atom is -0.461 e. The lowest BCUT2D eigenvalue weighted by molar-refractivity contribution is -0.160. The summed E-state index contributed by atoms with van der Waals surface area (Å²) in [6, 6.07) is 30.7. The molecule has 0 fully saturated rings. The standard InChI is InChI=1S/C42H57NO4Si/c1-32-26-27-33(2)30-36(47-41(45)39(31-35-19-11-8-12-20-35)43(7)40(44)34(3)29-32)21-17-18-28-46-48(42(4,5)6,37-22-13-9-14-23-37)38-24-15-10-16-25-38/h8-16,19-20,22-27,32-34,36,39H,17-18,21,28-31H2,1-7H3/t32-,33-,34-,36-,39+/m1/s1. The molecule has 5 nitrogen and oxygen atoms in total. The molecule has 3 aromatic carbocycles. The van der Waals surface area contributed by atoms with Crippen LogP contribution in [-0.2, 0) is 25.2 Å². The third-order valence-electron chi connectivity index (χ3n) is 9.85. The molecule has 1 aliphatic rings. The zero-order valence-corrected chi connectivity index (χ0v) is 31.2. The number of allylic oxidation sites excluding steroid dienone is 2. The van der Waals surface area contributed by atoms with Gasteiger partial charge in [0, 0.05) is 26.0 Å². The van der Waals surface area contributed by atoms with Gasteiger partial charge in [0.2, 0.25) is 5.91 Å². The SMILES string of the molecule is C[C@@H]1C=C[C@@H](C)C[C@@H](C)C(=O)N(C)[C@@H](Cc2ccccc2)C(=O)O[C@H](CCCCO[Si](c2ccccc2)(c2ccccc2)C(C)(C)C)C1. The molecule has 1 heterocycles. The van der Waals surface area contributed by atoms with Gasteiger partial charge in [-0.15, -0.1) is 0 Å². The van der Waals surface area contributed by atoms with Crippen LogP contribution in [0.15, 0.2) is 103 Å². The van der Waals surface area contributed by atoms with Crippen molar-refractivity contribution in [3.05, 3.63) is 109 Å². The highest BCUT2D eigenvalue weighted by molar-refractivity contribution is 6.99. The van der Waals surface area contributed by atoms with E-state index in [1.807, 2.05) is 37.3 Å².